The van der Waals surface area contributed by atoms with Gasteiger partial charge in [0, 0.05) is 17.8 Å². The van der Waals surface area contributed by atoms with Gasteiger partial charge in [0.05, 0.1) is 6.10 Å². The molecule has 0 spiro atoms. The van der Waals surface area contributed by atoms with Crippen LogP contribution in [0, 0.1) is 0 Å². The molecule has 0 saturated carbocycles. The van der Waals surface area contributed by atoms with E-state index in [1.54, 1.807) is 0 Å². The van der Waals surface area contributed by atoms with Gasteiger partial charge in [-0.05, 0) is 25.8 Å². The molecule has 0 atom stereocenters. The summed E-state index contributed by atoms with van der Waals surface area (Å²) in [5.74, 6) is 0.726. The van der Waals surface area contributed by atoms with Crippen LogP contribution in [0.2, 0.25) is 0 Å². The van der Waals surface area contributed by atoms with Crippen molar-refractivity contribution >= 4 is 5.76 Å². The molecule has 0 fully saturated rings. The normalized spacial score (nSPS) is 10.2. The van der Waals surface area contributed by atoms with E-state index in [1.165, 1.54) is 5.56 Å². The minimum atomic E-state index is 0.143. The first kappa shape index (κ1) is 14.4. The fourth-order valence-electron chi connectivity index (χ4n) is 1.64. The van der Waals surface area contributed by atoms with Gasteiger partial charge in [0.2, 0.25) is 0 Å². The van der Waals surface area contributed by atoms with E-state index in [9.17, 15) is 0 Å². The van der Waals surface area contributed by atoms with Gasteiger partial charge in [0.1, 0.15) is 5.76 Å². The van der Waals surface area contributed by atoms with Crippen molar-refractivity contribution in [1.82, 2.24) is 5.32 Å². The molecule has 0 aliphatic rings. The highest BCUT2D eigenvalue weighted by molar-refractivity contribution is 5.61. The smallest absolute Gasteiger partial charge is 0.120 e. The minimum Gasteiger partial charge on any atom is -0.491 e. The summed E-state index contributed by atoms with van der Waals surface area (Å²) in [4.78, 5) is 0. The first-order valence-electron chi connectivity index (χ1n) is 6.40. The molecule has 1 aromatic rings. The van der Waals surface area contributed by atoms with Crippen LogP contribution < -0.4 is 5.32 Å². The molecule has 1 rings (SSSR count). The van der Waals surface area contributed by atoms with Gasteiger partial charge >= 0.3 is 0 Å². The molecule has 0 amide bonds. The van der Waals surface area contributed by atoms with Crippen molar-refractivity contribution < 1.29 is 4.74 Å². The number of hydrogen-bond acceptors (Lipinski definition) is 2. The molecule has 0 unspecified atom stereocenters. The topological polar surface area (TPSA) is 21.3 Å². The summed E-state index contributed by atoms with van der Waals surface area (Å²) < 4.78 is 5.67. The lowest BCUT2D eigenvalue weighted by molar-refractivity contribution is 0.204. The van der Waals surface area contributed by atoms with E-state index in [4.69, 9.17) is 4.74 Å². The van der Waals surface area contributed by atoms with E-state index >= 15 is 0 Å². The molecular weight excluding hydrogens is 222 g/mol. The maximum atomic E-state index is 5.67. The Hall–Kier alpha value is -1.70. The molecule has 18 heavy (non-hydrogen) atoms. The zero-order valence-electron chi connectivity index (χ0n) is 11.6. The van der Waals surface area contributed by atoms with Crippen LogP contribution in [0.4, 0.5) is 0 Å². The predicted octanol–water partition coefficient (Wildman–Crippen LogP) is 4.10. The average molecular weight is 245 g/mol. The maximum absolute atomic E-state index is 5.67. The quantitative estimate of drug-likeness (QED) is 0.730. The van der Waals surface area contributed by atoms with Crippen molar-refractivity contribution in [2.45, 2.75) is 39.8 Å². The van der Waals surface area contributed by atoms with E-state index < -0.39 is 0 Å². The van der Waals surface area contributed by atoms with Crippen molar-refractivity contribution in [3.05, 3.63) is 54.2 Å². The number of ether oxygens (including phenoxy) is 1. The zero-order chi connectivity index (χ0) is 13.5. The molecule has 2 heteroatoms. The lowest BCUT2D eigenvalue weighted by Gasteiger charge is -2.16. The zero-order valence-corrected chi connectivity index (χ0v) is 11.6. The number of nitrogens with one attached hydrogen (secondary N) is 1. The van der Waals surface area contributed by atoms with E-state index in [2.05, 4.69) is 31.5 Å². The van der Waals surface area contributed by atoms with Gasteiger partial charge in [-0.3, -0.25) is 0 Å². The van der Waals surface area contributed by atoms with Crippen LogP contribution in [0.15, 0.2) is 43.1 Å². The van der Waals surface area contributed by atoms with Gasteiger partial charge in [-0.2, -0.15) is 0 Å². The molecule has 0 radical (unpaired) electrons. The summed E-state index contributed by atoms with van der Waals surface area (Å²) in [5.41, 5.74) is 3.28. The average Bonchev–Trinajstić information content (AvgIpc) is 2.35. The van der Waals surface area contributed by atoms with Gasteiger partial charge in [0.15, 0.2) is 0 Å². The summed E-state index contributed by atoms with van der Waals surface area (Å²) in [5, 5.41) is 3.31. The second-order valence-corrected chi connectivity index (χ2v) is 4.56. The molecule has 0 aromatic heterocycles. The van der Waals surface area contributed by atoms with Gasteiger partial charge in [-0.25, -0.2) is 0 Å². The molecule has 0 heterocycles. The predicted molar refractivity (Wildman–Crippen MR) is 78.0 cm³/mol. The van der Waals surface area contributed by atoms with Crippen molar-refractivity contribution in [1.29, 1.82) is 0 Å². The summed E-state index contributed by atoms with van der Waals surface area (Å²) >= 11 is 0. The molecule has 0 bridgehead atoms. The third-order valence-corrected chi connectivity index (χ3v) is 2.65. The number of benzene rings is 1. The monoisotopic (exact) mass is 245 g/mol. The summed E-state index contributed by atoms with van der Waals surface area (Å²) in [6, 6.07) is 8.15. The third kappa shape index (κ3) is 4.28. The Labute approximate surface area is 110 Å². The van der Waals surface area contributed by atoms with Crippen molar-refractivity contribution in [3.8, 4) is 0 Å². The van der Waals surface area contributed by atoms with Gasteiger partial charge in [0.25, 0.3) is 0 Å². The van der Waals surface area contributed by atoms with Crippen LogP contribution in [0.5, 0.6) is 0 Å². The highest BCUT2D eigenvalue weighted by Crippen LogP contribution is 2.20. The van der Waals surface area contributed by atoms with Crippen molar-refractivity contribution in [2.24, 2.45) is 0 Å². The fraction of sp³-hybridized carbons (Fsp3) is 0.375. The summed E-state index contributed by atoms with van der Waals surface area (Å²) in [6.07, 6.45) is 1.08. The second-order valence-electron chi connectivity index (χ2n) is 4.56. The van der Waals surface area contributed by atoms with E-state index in [1.807, 2.05) is 32.0 Å². The lowest BCUT2D eigenvalue weighted by atomic mass is 10.1. The minimum absolute atomic E-state index is 0.143. The number of rotatable bonds is 7. The Morgan fingerprint density at radius 3 is 2.56 bits per heavy atom. The lowest BCUT2D eigenvalue weighted by Crippen LogP contribution is -2.13. The molecular formula is C16H23NO. The summed E-state index contributed by atoms with van der Waals surface area (Å²) in [6.45, 7) is 14.8. The van der Waals surface area contributed by atoms with Crippen LogP contribution in [0.1, 0.15) is 38.3 Å². The molecule has 0 aliphatic heterocycles. The maximum Gasteiger partial charge on any atom is 0.120 e. The van der Waals surface area contributed by atoms with Crippen molar-refractivity contribution in [3.63, 3.8) is 0 Å². The van der Waals surface area contributed by atoms with Crippen LogP contribution in [-0.4, -0.2) is 6.10 Å². The molecule has 2 nitrogen and oxygen atoms in total. The van der Waals surface area contributed by atoms with Crippen LogP contribution in [0.25, 0.3) is 5.76 Å². The van der Waals surface area contributed by atoms with E-state index in [0.29, 0.717) is 0 Å². The second kappa shape index (κ2) is 6.90. The van der Waals surface area contributed by atoms with Crippen LogP contribution in [0.3, 0.4) is 0 Å². The molecule has 98 valence electrons. The molecule has 1 aromatic carbocycles. The molecule has 0 aliphatic carbocycles. The van der Waals surface area contributed by atoms with E-state index in [-0.39, 0.29) is 6.10 Å². The Morgan fingerprint density at radius 1 is 1.28 bits per heavy atom. The first-order chi connectivity index (χ1) is 8.54. The van der Waals surface area contributed by atoms with E-state index in [0.717, 1.165) is 30.0 Å². The molecule has 1 N–H and O–H groups in total. The Kier molecular flexibility index (Phi) is 5.50. The number of allylic oxidation sites excluding steroid dienone is 1. The van der Waals surface area contributed by atoms with Crippen LogP contribution >= 0.6 is 0 Å². The SMILES string of the molecule is C=C(CC)NCc1ccccc1C(=C)OC(C)C. The Morgan fingerprint density at radius 2 is 1.94 bits per heavy atom. The van der Waals surface area contributed by atoms with Crippen molar-refractivity contribution in [2.75, 3.05) is 0 Å². The number of hydrogen-bond donors (Lipinski definition) is 1. The highest BCUT2D eigenvalue weighted by Gasteiger charge is 2.07. The first-order valence-corrected chi connectivity index (χ1v) is 6.40. The fourth-order valence-corrected chi connectivity index (χ4v) is 1.64. The Balaban J connectivity index is 2.79. The van der Waals surface area contributed by atoms with Gasteiger partial charge < -0.3 is 10.1 Å². The van der Waals surface area contributed by atoms with Gasteiger partial charge in [-0.1, -0.05) is 44.3 Å². The largest absolute Gasteiger partial charge is 0.491 e. The third-order valence-electron chi connectivity index (χ3n) is 2.65. The standard InChI is InChI=1S/C16H23NO/c1-6-13(4)17-11-15-9-7-8-10-16(15)14(5)18-12(2)3/h7-10,12,17H,4-6,11H2,1-3H3. The highest BCUT2D eigenvalue weighted by atomic mass is 16.5. The summed E-state index contributed by atoms with van der Waals surface area (Å²) in [7, 11) is 0. The Bertz CT molecular complexity index is 421. The van der Waals surface area contributed by atoms with Crippen LogP contribution in [-0.2, 0) is 11.3 Å². The molecule has 0 saturated heterocycles. The van der Waals surface area contributed by atoms with Gasteiger partial charge in [-0.15, -0.1) is 0 Å².